The highest BCUT2D eigenvalue weighted by molar-refractivity contribution is 7.13. The Morgan fingerprint density at radius 1 is 1.26 bits per heavy atom. The highest BCUT2D eigenvalue weighted by atomic mass is 35.5. The van der Waals surface area contributed by atoms with Crippen LogP contribution in [0.2, 0.25) is 10.0 Å². The molecule has 0 aliphatic rings. The molecule has 5 nitrogen and oxygen atoms in total. The van der Waals surface area contributed by atoms with E-state index in [0.717, 1.165) is 33.2 Å². The predicted molar refractivity (Wildman–Crippen MR) is 127 cm³/mol. The normalized spacial score (nSPS) is 11.7. The number of hydrogen-bond donors (Lipinski definition) is 1. The molecule has 2 aromatic carbocycles. The number of hydrogen-bond acceptors (Lipinski definition) is 5. The molecule has 0 spiro atoms. The molecular weight excluding hydrogens is 455 g/mol. The van der Waals surface area contributed by atoms with Gasteiger partial charge in [0.05, 0.1) is 18.4 Å². The Balaban J connectivity index is 1.83. The van der Waals surface area contributed by atoms with E-state index in [4.69, 9.17) is 32.4 Å². The maximum atomic E-state index is 12.4. The van der Waals surface area contributed by atoms with Crippen LogP contribution in [0.15, 0.2) is 52.6 Å². The number of anilines is 1. The monoisotopic (exact) mass is 472 g/mol. The number of amides is 1. The third-order valence-corrected chi connectivity index (χ3v) is 6.14. The molecule has 0 unspecified atom stereocenters. The molecule has 0 atom stereocenters. The molecule has 0 radical (unpaired) electrons. The summed E-state index contributed by atoms with van der Waals surface area (Å²) < 4.78 is 11.5. The third kappa shape index (κ3) is 4.19. The van der Waals surface area contributed by atoms with E-state index in [1.54, 1.807) is 37.1 Å². The number of aromatic nitrogens is 1. The van der Waals surface area contributed by atoms with Gasteiger partial charge in [0.15, 0.2) is 5.13 Å². The quantitative estimate of drug-likeness (QED) is 0.311. The van der Waals surface area contributed by atoms with Gasteiger partial charge in [0.1, 0.15) is 11.3 Å². The molecule has 31 heavy (non-hydrogen) atoms. The minimum absolute atomic E-state index is 0.264. The van der Waals surface area contributed by atoms with Crippen molar-refractivity contribution < 1.29 is 13.9 Å². The third-order valence-electron chi connectivity index (χ3n) is 4.90. The largest absolute Gasteiger partial charge is 0.496 e. The van der Waals surface area contributed by atoms with Gasteiger partial charge < -0.3 is 9.15 Å². The maximum Gasteiger partial charge on any atom is 0.250 e. The minimum Gasteiger partial charge on any atom is -0.496 e. The number of ether oxygens (including phenoxy) is 1. The number of carbonyl (C=O) groups is 1. The van der Waals surface area contributed by atoms with Gasteiger partial charge in [-0.15, -0.1) is 11.3 Å². The molecule has 2 aromatic heterocycles. The summed E-state index contributed by atoms with van der Waals surface area (Å²) >= 11 is 13.9. The van der Waals surface area contributed by atoms with Gasteiger partial charge in [0.25, 0.3) is 0 Å². The molecule has 8 heteroatoms. The van der Waals surface area contributed by atoms with E-state index in [1.807, 2.05) is 26.0 Å². The van der Waals surface area contributed by atoms with Crippen molar-refractivity contribution in [2.45, 2.75) is 13.8 Å². The zero-order valence-electron chi connectivity index (χ0n) is 17.0. The Hall–Kier alpha value is -2.80. The number of methoxy groups -OCH3 is 1. The van der Waals surface area contributed by atoms with Crippen molar-refractivity contribution in [1.82, 2.24) is 4.98 Å². The van der Waals surface area contributed by atoms with Crippen molar-refractivity contribution in [1.29, 1.82) is 0 Å². The van der Waals surface area contributed by atoms with E-state index >= 15 is 0 Å². The number of nitrogens with one attached hydrogen (secondary N) is 1. The van der Waals surface area contributed by atoms with E-state index in [0.29, 0.717) is 26.5 Å². The Kier molecular flexibility index (Phi) is 6.05. The Morgan fingerprint density at radius 2 is 2.06 bits per heavy atom. The zero-order chi connectivity index (χ0) is 22.1. The summed E-state index contributed by atoms with van der Waals surface area (Å²) in [5.41, 5.74) is 4.70. The number of halogens is 2. The van der Waals surface area contributed by atoms with Crippen LogP contribution in [-0.2, 0) is 4.79 Å². The number of carbonyl (C=O) groups excluding carboxylic acids is 1. The standard InChI is InChI=1S/C23H18Cl2N2O3S/c1-12(8-20(28)27-23-26-6-7-31-23)16-10-17-18(15-5-4-14(24)9-19(15)25)11-30-22(17)13(2)21(16)29-3/h4-11H,1-3H3,(H,26,27,28)/b12-8+. The van der Waals surface area contributed by atoms with Crippen LogP contribution in [0, 0.1) is 6.92 Å². The predicted octanol–water partition coefficient (Wildman–Crippen LogP) is 7.22. The molecule has 1 amide bonds. The van der Waals surface area contributed by atoms with Crippen LogP contribution >= 0.6 is 34.5 Å². The zero-order valence-corrected chi connectivity index (χ0v) is 19.3. The van der Waals surface area contributed by atoms with E-state index in [-0.39, 0.29) is 5.91 Å². The van der Waals surface area contributed by atoms with Crippen molar-refractivity contribution in [3.63, 3.8) is 0 Å². The number of fused-ring (bicyclic) bond motifs is 1. The number of aryl methyl sites for hydroxylation is 1. The number of rotatable bonds is 5. The summed E-state index contributed by atoms with van der Waals surface area (Å²) in [4.78, 5) is 16.5. The van der Waals surface area contributed by atoms with Crippen molar-refractivity contribution in [2.24, 2.45) is 0 Å². The van der Waals surface area contributed by atoms with Gasteiger partial charge in [-0.3, -0.25) is 10.1 Å². The number of nitrogens with zero attached hydrogens (tertiary/aromatic N) is 1. The molecule has 0 fully saturated rings. The molecule has 4 aromatic rings. The summed E-state index contributed by atoms with van der Waals surface area (Å²) in [5.74, 6) is 0.381. The van der Waals surface area contributed by atoms with Gasteiger partial charge in [0.2, 0.25) is 5.91 Å². The second kappa shape index (κ2) is 8.75. The maximum absolute atomic E-state index is 12.4. The average Bonchev–Trinajstić information content (AvgIpc) is 3.38. The molecule has 4 rings (SSSR count). The highest BCUT2D eigenvalue weighted by Gasteiger charge is 2.20. The average molecular weight is 473 g/mol. The summed E-state index contributed by atoms with van der Waals surface area (Å²) in [5, 5.41) is 7.06. The molecule has 0 aliphatic carbocycles. The summed E-state index contributed by atoms with van der Waals surface area (Å²) in [7, 11) is 1.60. The highest BCUT2D eigenvalue weighted by Crippen LogP contribution is 2.42. The van der Waals surface area contributed by atoms with Gasteiger partial charge in [-0.05, 0) is 37.6 Å². The lowest BCUT2D eigenvalue weighted by molar-refractivity contribution is -0.111. The van der Waals surface area contributed by atoms with Gasteiger partial charge in [-0.25, -0.2) is 4.98 Å². The van der Waals surface area contributed by atoms with Gasteiger partial charge in [-0.1, -0.05) is 29.3 Å². The van der Waals surface area contributed by atoms with E-state index in [9.17, 15) is 4.79 Å². The van der Waals surface area contributed by atoms with Crippen molar-refractivity contribution >= 4 is 62.1 Å². The van der Waals surface area contributed by atoms with Crippen LogP contribution in [0.4, 0.5) is 5.13 Å². The van der Waals surface area contributed by atoms with Crippen LogP contribution < -0.4 is 10.1 Å². The van der Waals surface area contributed by atoms with E-state index < -0.39 is 0 Å². The number of thiazole rings is 1. The Bertz CT molecular complexity index is 1310. The van der Waals surface area contributed by atoms with E-state index in [1.165, 1.54) is 17.4 Å². The molecule has 0 saturated heterocycles. The second-order valence-corrected chi connectivity index (χ2v) is 8.62. The number of furan rings is 1. The fourth-order valence-corrected chi connectivity index (χ4v) is 4.53. The Morgan fingerprint density at radius 3 is 2.74 bits per heavy atom. The van der Waals surface area contributed by atoms with Gasteiger partial charge >= 0.3 is 0 Å². The van der Waals surface area contributed by atoms with Crippen LogP contribution in [0.1, 0.15) is 18.1 Å². The molecular formula is C23H18Cl2N2O3S. The summed E-state index contributed by atoms with van der Waals surface area (Å²) in [6.07, 6.45) is 4.84. The Labute approximate surface area is 193 Å². The first-order valence-corrected chi connectivity index (χ1v) is 11.0. The van der Waals surface area contributed by atoms with Crippen LogP contribution in [-0.4, -0.2) is 18.0 Å². The lowest BCUT2D eigenvalue weighted by Gasteiger charge is -2.13. The number of benzene rings is 2. The van der Waals surface area contributed by atoms with Crippen molar-refractivity contribution in [3.8, 4) is 16.9 Å². The van der Waals surface area contributed by atoms with Crippen LogP contribution in [0.3, 0.4) is 0 Å². The first-order chi connectivity index (χ1) is 14.9. The number of allylic oxidation sites excluding steroid dienone is 1. The summed E-state index contributed by atoms with van der Waals surface area (Å²) in [6.45, 7) is 3.78. The molecule has 0 bridgehead atoms. The fraction of sp³-hybridized carbons (Fsp3) is 0.130. The van der Waals surface area contributed by atoms with Crippen molar-refractivity contribution in [2.75, 3.05) is 12.4 Å². The minimum atomic E-state index is -0.264. The summed E-state index contributed by atoms with van der Waals surface area (Å²) in [6, 6.07) is 7.29. The topological polar surface area (TPSA) is 64.4 Å². The van der Waals surface area contributed by atoms with Crippen LogP contribution in [0.5, 0.6) is 5.75 Å². The van der Waals surface area contributed by atoms with E-state index in [2.05, 4.69) is 10.3 Å². The molecule has 1 N–H and O–H groups in total. The SMILES string of the molecule is COc1c(/C(C)=C/C(=O)Nc2nccs2)cc2c(-c3ccc(Cl)cc3Cl)coc2c1C. The molecule has 0 saturated carbocycles. The molecule has 0 aliphatic heterocycles. The van der Waals surface area contributed by atoms with Gasteiger partial charge in [0, 0.05) is 50.3 Å². The molecule has 2 heterocycles. The second-order valence-electron chi connectivity index (χ2n) is 6.89. The first-order valence-electron chi connectivity index (χ1n) is 9.32. The van der Waals surface area contributed by atoms with Crippen LogP contribution in [0.25, 0.3) is 27.7 Å². The lowest BCUT2D eigenvalue weighted by Crippen LogP contribution is -2.08. The lowest BCUT2D eigenvalue weighted by atomic mass is 9.96. The smallest absolute Gasteiger partial charge is 0.250 e. The van der Waals surface area contributed by atoms with Crippen molar-refractivity contribution in [3.05, 3.63) is 69.4 Å². The first kappa shape index (κ1) is 21.4. The van der Waals surface area contributed by atoms with Gasteiger partial charge in [-0.2, -0.15) is 0 Å². The molecule has 158 valence electrons. The fourth-order valence-electron chi connectivity index (χ4n) is 3.49.